The van der Waals surface area contributed by atoms with Crippen molar-refractivity contribution in [2.45, 2.75) is 25.1 Å². The molecule has 9 nitrogen and oxygen atoms in total. The molecule has 0 fully saturated rings. The van der Waals surface area contributed by atoms with Gasteiger partial charge in [0.1, 0.15) is 18.2 Å². The summed E-state index contributed by atoms with van der Waals surface area (Å²) in [5.41, 5.74) is 0.191. The molecule has 12 heteroatoms. The van der Waals surface area contributed by atoms with Crippen molar-refractivity contribution < 1.29 is 32.6 Å². The number of carbonyl (C=O) groups is 2. The molecule has 0 aliphatic carbocycles. The molecule has 156 valence electrons. The minimum absolute atomic E-state index is 0.0237. The van der Waals surface area contributed by atoms with Gasteiger partial charge < -0.3 is 20.1 Å². The van der Waals surface area contributed by atoms with Crippen molar-refractivity contribution >= 4 is 17.9 Å². The SMILES string of the molecule is CN(C)C(=O)Oc1ccc(C[C@H](Nc2ncncc2CC(F)(F)F)C(=O)O)cn1. The fourth-order valence-electron chi connectivity index (χ4n) is 2.21. The van der Waals surface area contributed by atoms with E-state index in [2.05, 4.69) is 20.3 Å². The average molecular weight is 413 g/mol. The van der Waals surface area contributed by atoms with Crippen LogP contribution in [0.5, 0.6) is 5.88 Å². The van der Waals surface area contributed by atoms with Gasteiger partial charge in [-0.05, 0) is 5.56 Å². The first-order valence-corrected chi connectivity index (χ1v) is 8.24. The lowest BCUT2D eigenvalue weighted by molar-refractivity contribution is -0.137. The Kier molecular flexibility index (Phi) is 6.91. The molecule has 1 amide bonds. The van der Waals surface area contributed by atoms with Crippen molar-refractivity contribution in [1.29, 1.82) is 0 Å². The van der Waals surface area contributed by atoms with Gasteiger partial charge in [0.15, 0.2) is 0 Å². The number of ether oxygens (including phenoxy) is 1. The largest absolute Gasteiger partial charge is 0.480 e. The molecule has 0 saturated carbocycles. The number of hydrogen-bond donors (Lipinski definition) is 2. The summed E-state index contributed by atoms with van der Waals surface area (Å²) in [5.74, 6) is -1.48. The van der Waals surface area contributed by atoms with Gasteiger partial charge in [0.2, 0.25) is 5.88 Å². The molecule has 0 spiro atoms. The maximum absolute atomic E-state index is 12.7. The summed E-state index contributed by atoms with van der Waals surface area (Å²) in [4.78, 5) is 35.5. The number of halogens is 3. The Balaban J connectivity index is 2.12. The maximum Gasteiger partial charge on any atom is 0.416 e. The van der Waals surface area contributed by atoms with Crippen LogP contribution >= 0.6 is 0 Å². The zero-order valence-electron chi connectivity index (χ0n) is 15.5. The monoisotopic (exact) mass is 413 g/mol. The normalized spacial score (nSPS) is 12.2. The van der Waals surface area contributed by atoms with Gasteiger partial charge in [-0.15, -0.1) is 0 Å². The minimum atomic E-state index is -4.50. The van der Waals surface area contributed by atoms with Gasteiger partial charge in [0, 0.05) is 44.5 Å². The van der Waals surface area contributed by atoms with Gasteiger partial charge in [0.25, 0.3) is 0 Å². The molecule has 2 aromatic heterocycles. The number of carboxylic acids is 1. The topological polar surface area (TPSA) is 118 Å². The number of anilines is 1. The van der Waals surface area contributed by atoms with Crippen LogP contribution in [0.1, 0.15) is 11.1 Å². The van der Waals surface area contributed by atoms with E-state index in [0.29, 0.717) is 5.56 Å². The van der Waals surface area contributed by atoms with Gasteiger partial charge in [0.05, 0.1) is 6.42 Å². The minimum Gasteiger partial charge on any atom is -0.480 e. The van der Waals surface area contributed by atoms with Crippen molar-refractivity contribution in [3.63, 3.8) is 0 Å². The highest BCUT2D eigenvalue weighted by atomic mass is 19.4. The zero-order chi connectivity index (χ0) is 21.6. The smallest absolute Gasteiger partial charge is 0.416 e. The van der Waals surface area contributed by atoms with E-state index in [4.69, 9.17) is 4.74 Å². The fraction of sp³-hybridized carbons (Fsp3) is 0.353. The van der Waals surface area contributed by atoms with Gasteiger partial charge >= 0.3 is 18.2 Å². The number of amides is 1. The molecular formula is C17H18F3N5O4. The van der Waals surface area contributed by atoms with E-state index in [-0.39, 0.29) is 23.7 Å². The first kappa shape index (κ1) is 21.9. The number of rotatable bonds is 7. The van der Waals surface area contributed by atoms with E-state index in [0.717, 1.165) is 12.5 Å². The van der Waals surface area contributed by atoms with E-state index in [9.17, 15) is 27.9 Å². The summed E-state index contributed by atoms with van der Waals surface area (Å²) in [6.45, 7) is 0. The molecule has 0 unspecified atom stereocenters. The third-order valence-corrected chi connectivity index (χ3v) is 3.58. The lowest BCUT2D eigenvalue weighted by Gasteiger charge is -2.18. The van der Waals surface area contributed by atoms with Crippen LogP contribution in [0, 0.1) is 0 Å². The second kappa shape index (κ2) is 9.17. The number of nitrogens with one attached hydrogen (secondary N) is 1. The zero-order valence-corrected chi connectivity index (χ0v) is 15.5. The van der Waals surface area contributed by atoms with Crippen molar-refractivity contribution in [3.05, 3.63) is 42.0 Å². The molecule has 0 aliphatic heterocycles. The number of aromatic nitrogens is 3. The number of nitrogens with zero attached hydrogens (tertiary/aromatic N) is 4. The molecule has 2 N–H and O–H groups in total. The molecule has 2 rings (SSSR count). The molecular weight excluding hydrogens is 395 g/mol. The van der Waals surface area contributed by atoms with E-state index in [1.54, 1.807) is 0 Å². The molecule has 0 radical (unpaired) electrons. The molecule has 1 atom stereocenters. The molecule has 0 aliphatic rings. The van der Waals surface area contributed by atoms with Gasteiger partial charge in [-0.25, -0.2) is 24.5 Å². The summed E-state index contributed by atoms with van der Waals surface area (Å²) in [6, 6.07) is 1.61. The second-order valence-electron chi connectivity index (χ2n) is 6.19. The van der Waals surface area contributed by atoms with Crippen molar-refractivity contribution in [1.82, 2.24) is 19.9 Å². The van der Waals surface area contributed by atoms with E-state index < -0.39 is 30.7 Å². The third-order valence-electron chi connectivity index (χ3n) is 3.58. The molecule has 0 aromatic carbocycles. The van der Waals surface area contributed by atoms with Crippen LogP contribution in [-0.2, 0) is 17.6 Å². The van der Waals surface area contributed by atoms with E-state index in [1.165, 1.54) is 37.3 Å². The quantitative estimate of drug-likeness (QED) is 0.709. The van der Waals surface area contributed by atoms with Crippen molar-refractivity contribution in [2.75, 3.05) is 19.4 Å². The second-order valence-corrected chi connectivity index (χ2v) is 6.19. The summed E-state index contributed by atoms with van der Waals surface area (Å²) < 4.78 is 43.0. The predicted molar refractivity (Wildman–Crippen MR) is 94.5 cm³/mol. The van der Waals surface area contributed by atoms with Crippen molar-refractivity contribution in [3.8, 4) is 5.88 Å². The number of carboxylic acid groups (broad SMARTS) is 1. The number of alkyl halides is 3. The van der Waals surface area contributed by atoms with E-state index in [1.807, 2.05) is 0 Å². The van der Waals surface area contributed by atoms with Gasteiger partial charge in [-0.1, -0.05) is 6.07 Å². The Morgan fingerprint density at radius 3 is 2.52 bits per heavy atom. The molecule has 0 bridgehead atoms. The standard InChI is InChI=1S/C17H18F3N5O4/c1-25(2)16(28)29-13-4-3-10(7-22-13)5-12(15(26)27)24-14-11(6-17(18,19)20)8-21-9-23-14/h3-4,7-9,12H,5-6H2,1-2H3,(H,26,27)(H,21,23,24)/t12-/m0/s1. The highest BCUT2D eigenvalue weighted by molar-refractivity contribution is 5.77. The molecule has 0 saturated heterocycles. The van der Waals surface area contributed by atoms with E-state index >= 15 is 0 Å². The summed E-state index contributed by atoms with van der Waals surface area (Å²) in [7, 11) is 3.00. The number of carbonyl (C=O) groups excluding carboxylic acids is 1. The number of pyridine rings is 1. The number of hydrogen-bond acceptors (Lipinski definition) is 7. The van der Waals surface area contributed by atoms with Crippen LogP contribution in [0.2, 0.25) is 0 Å². The molecule has 2 heterocycles. The molecule has 2 aromatic rings. The van der Waals surface area contributed by atoms with Crippen LogP contribution in [0.3, 0.4) is 0 Å². The van der Waals surface area contributed by atoms with Crippen LogP contribution in [0.25, 0.3) is 0 Å². The lowest BCUT2D eigenvalue weighted by atomic mass is 10.1. The van der Waals surface area contributed by atoms with Gasteiger partial charge in [-0.2, -0.15) is 13.2 Å². The Hall–Kier alpha value is -3.44. The Morgan fingerprint density at radius 2 is 1.97 bits per heavy atom. The van der Waals surface area contributed by atoms with Crippen LogP contribution in [0.15, 0.2) is 30.9 Å². The Bertz CT molecular complexity index is 859. The summed E-state index contributed by atoms with van der Waals surface area (Å²) in [6.07, 6.45) is -3.20. The van der Waals surface area contributed by atoms with Crippen LogP contribution < -0.4 is 10.1 Å². The lowest BCUT2D eigenvalue weighted by Crippen LogP contribution is -2.32. The highest BCUT2D eigenvalue weighted by Gasteiger charge is 2.30. The summed E-state index contributed by atoms with van der Waals surface area (Å²) in [5, 5.41) is 11.9. The summed E-state index contributed by atoms with van der Waals surface area (Å²) >= 11 is 0. The van der Waals surface area contributed by atoms with Crippen molar-refractivity contribution in [2.24, 2.45) is 0 Å². The van der Waals surface area contributed by atoms with Crippen LogP contribution in [-0.4, -0.2) is 63.3 Å². The number of aliphatic carboxylic acids is 1. The molecule has 29 heavy (non-hydrogen) atoms. The van der Waals surface area contributed by atoms with Gasteiger partial charge in [-0.3, -0.25) is 0 Å². The first-order valence-electron chi connectivity index (χ1n) is 8.24. The average Bonchev–Trinajstić information content (AvgIpc) is 2.62. The first-order chi connectivity index (χ1) is 13.5. The van der Waals surface area contributed by atoms with Crippen LogP contribution in [0.4, 0.5) is 23.8 Å². The third kappa shape index (κ3) is 6.90. The Morgan fingerprint density at radius 1 is 1.24 bits per heavy atom. The maximum atomic E-state index is 12.7. The Labute approximate surface area is 163 Å². The highest BCUT2D eigenvalue weighted by Crippen LogP contribution is 2.25. The fourth-order valence-corrected chi connectivity index (χ4v) is 2.21. The predicted octanol–water partition coefficient (Wildman–Crippen LogP) is 2.14.